The van der Waals surface area contributed by atoms with E-state index in [1.165, 1.54) is 49.4 Å². The van der Waals surface area contributed by atoms with Crippen LogP contribution in [0.3, 0.4) is 0 Å². The van der Waals surface area contributed by atoms with E-state index < -0.39 is 0 Å². The summed E-state index contributed by atoms with van der Waals surface area (Å²) in [4.78, 5) is 9.42. The van der Waals surface area contributed by atoms with Crippen molar-refractivity contribution < 1.29 is 0 Å². The van der Waals surface area contributed by atoms with Crippen LogP contribution >= 0.6 is 0 Å². The molecule has 220 valence electrons. The summed E-state index contributed by atoms with van der Waals surface area (Å²) in [5.41, 5.74) is 11.3. The third kappa shape index (κ3) is 4.60. The molecule has 7 aromatic carbocycles. The van der Waals surface area contributed by atoms with Gasteiger partial charge >= 0.3 is 0 Å². The summed E-state index contributed by atoms with van der Waals surface area (Å²) in [6.07, 6.45) is 3.69. The molecule has 0 saturated carbocycles. The van der Waals surface area contributed by atoms with Crippen LogP contribution in [-0.4, -0.2) is 14.5 Å². The summed E-state index contributed by atoms with van der Waals surface area (Å²) in [6, 6.07) is 58.4. The highest BCUT2D eigenvalue weighted by Crippen LogP contribution is 2.44. The quantitative estimate of drug-likeness (QED) is 0.184. The molecule has 0 spiro atoms. The molecular weight excluding hydrogens is 571 g/mol. The number of benzene rings is 7. The van der Waals surface area contributed by atoms with Crippen molar-refractivity contribution in [3.8, 4) is 50.5 Å². The SMILES string of the molecule is c1ccc(-c2c3ccccc3c(-c3ccccc3)c3cc(-c4ccc(-n5c(-c6ccccc6)nc6ccncc65)cc4)ccc23)cc1. The molecule has 0 bridgehead atoms. The van der Waals surface area contributed by atoms with Crippen LogP contribution in [0.1, 0.15) is 0 Å². The Morgan fingerprint density at radius 1 is 0.404 bits per heavy atom. The first kappa shape index (κ1) is 27.0. The van der Waals surface area contributed by atoms with Gasteiger partial charge in [-0.3, -0.25) is 9.55 Å². The average Bonchev–Trinajstić information content (AvgIpc) is 3.54. The second kappa shape index (κ2) is 11.2. The zero-order valence-electron chi connectivity index (χ0n) is 25.6. The summed E-state index contributed by atoms with van der Waals surface area (Å²) in [5, 5.41) is 5.01. The monoisotopic (exact) mass is 599 g/mol. The second-order valence-corrected chi connectivity index (χ2v) is 11.8. The van der Waals surface area contributed by atoms with Crippen molar-refractivity contribution in [1.82, 2.24) is 14.5 Å². The average molecular weight is 600 g/mol. The van der Waals surface area contributed by atoms with Crippen LogP contribution < -0.4 is 0 Å². The molecule has 0 fully saturated rings. The molecular formula is C44H29N3. The van der Waals surface area contributed by atoms with E-state index in [-0.39, 0.29) is 0 Å². The van der Waals surface area contributed by atoms with Gasteiger partial charge in [0.05, 0.1) is 17.2 Å². The molecule has 0 aliphatic rings. The third-order valence-corrected chi connectivity index (χ3v) is 9.10. The van der Waals surface area contributed by atoms with Gasteiger partial charge < -0.3 is 0 Å². The van der Waals surface area contributed by atoms with Gasteiger partial charge in [0.25, 0.3) is 0 Å². The van der Waals surface area contributed by atoms with Crippen molar-refractivity contribution in [3.63, 3.8) is 0 Å². The highest BCUT2D eigenvalue weighted by molar-refractivity contribution is 6.21. The minimum Gasteiger partial charge on any atom is -0.291 e. The molecule has 3 nitrogen and oxygen atoms in total. The van der Waals surface area contributed by atoms with Gasteiger partial charge in [0.2, 0.25) is 0 Å². The molecule has 9 rings (SSSR count). The third-order valence-electron chi connectivity index (χ3n) is 9.10. The normalized spacial score (nSPS) is 11.4. The van der Waals surface area contributed by atoms with E-state index in [1.54, 1.807) is 6.20 Å². The molecule has 9 aromatic rings. The molecule has 2 heterocycles. The second-order valence-electron chi connectivity index (χ2n) is 11.8. The molecule has 0 aliphatic carbocycles. The minimum absolute atomic E-state index is 0.903. The zero-order chi connectivity index (χ0) is 31.2. The van der Waals surface area contributed by atoms with Crippen molar-refractivity contribution in [2.24, 2.45) is 0 Å². The lowest BCUT2D eigenvalue weighted by molar-refractivity contribution is 1.10. The molecule has 0 N–H and O–H groups in total. The molecule has 47 heavy (non-hydrogen) atoms. The molecule has 0 saturated heterocycles. The van der Waals surface area contributed by atoms with E-state index in [0.717, 1.165) is 33.7 Å². The summed E-state index contributed by atoms with van der Waals surface area (Å²) < 4.78 is 2.20. The summed E-state index contributed by atoms with van der Waals surface area (Å²) in [7, 11) is 0. The highest BCUT2D eigenvalue weighted by atomic mass is 15.1. The van der Waals surface area contributed by atoms with Crippen LogP contribution in [0, 0.1) is 0 Å². The molecule has 0 aliphatic heterocycles. The summed E-state index contributed by atoms with van der Waals surface area (Å²) in [6.45, 7) is 0. The molecule has 3 heteroatoms. The van der Waals surface area contributed by atoms with Gasteiger partial charge in [-0.1, -0.05) is 140 Å². The number of pyridine rings is 1. The van der Waals surface area contributed by atoms with E-state index >= 15 is 0 Å². The Hall–Kier alpha value is -6.32. The number of rotatable bonds is 5. The van der Waals surface area contributed by atoms with E-state index in [2.05, 4.69) is 161 Å². The fourth-order valence-electron chi connectivity index (χ4n) is 6.96. The molecule has 0 radical (unpaired) electrons. The summed E-state index contributed by atoms with van der Waals surface area (Å²) >= 11 is 0. The lowest BCUT2D eigenvalue weighted by Crippen LogP contribution is -1.97. The van der Waals surface area contributed by atoms with Crippen molar-refractivity contribution >= 4 is 32.6 Å². The van der Waals surface area contributed by atoms with Gasteiger partial charge in [0.1, 0.15) is 5.82 Å². The van der Waals surface area contributed by atoms with Crippen LogP contribution in [0.5, 0.6) is 0 Å². The van der Waals surface area contributed by atoms with Gasteiger partial charge in [-0.2, -0.15) is 0 Å². The predicted octanol–water partition coefficient (Wildman–Crippen LogP) is 11.4. The first-order chi connectivity index (χ1) is 23.3. The molecule has 0 atom stereocenters. The van der Waals surface area contributed by atoms with Crippen LogP contribution in [0.15, 0.2) is 176 Å². The zero-order valence-corrected chi connectivity index (χ0v) is 25.6. The minimum atomic E-state index is 0.903. The predicted molar refractivity (Wildman–Crippen MR) is 196 cm³/mol. The van der Waals surface area contributed by atoms with E-state index in [4.69, 9.17) is 4.98 Å². The Balaban J connectivity index is 1.24. The molecule has 0 unspecified atom stereocenters. The van der Waals surface area contributed by atoms with Crippen molar-refractivity contribution in [3.05, 3.63) is 176 Å². The van der Waals surface area contributed by atoms with E-state index in [0.29, 0.717) is 0 Å². The largest absolute Gasteiger partial charge is 0.291 e. The van der Waals surface area contributed by atoms with Gasteiger partial charge in [-0.15, -0.1) is 0 Å². The maximum absolute atomic E-state index is 4.99. The first-order valence-electron chi connectivity index (χ1n) is 15.9. The van der Waals surface area contributed by atoms with E-state index in [9.17, 15) is 0 Å². The van der Waals surface area contributed by atoms with Gasteiger partial charge in [-0.25, -0.2) is 4.98 Å². The summed E-state index contributed by atoms with van der Waals surface area (Å²) in [5.74, 6) is 0.903. The topological polar surface area (TPSA) is 30.7 Å². The van der Waals surface area contributed by atoms with Crippen LogP contribution in [0.25, 0.3) is 83.0 Å². The van der Waals surface area contributed by atoms with Crippen molar-refractivity contribution in [1.29, 1.82) is 0 Å². The van der Waals surface area contributed by atoms with Crippen LogP contribution in [0.2, 0.25) is 0 Å². The molecule has 0 amide bonds. The Labute approximate surface area is 273 Å². The Morgan fingerprint density at radius 3 is 1.57 bits per heavy atom. The number of aromatic nitrogens is 3. The van der Waals surface area contributed by atoms with Gasteiger partial charge in [0.15, 0.2) is 0 Å². The Bertz CT molecular complexity index is 2530. The van der Waals surface area contributed by atoms with Crippen molar-refractivity contribution in [2.75, 3.05) is 0 Å². The lowest BCUT2D eigenvalue weighted by Gasteiger charge is -2.19. The number of nitrogens with zero attached hydrogens (tertiary/aromatic N) is 3. The lowest BCUT2D eigenvalue weighted by atomic mass is 9.85. The van der Waals surface area contributed by atoms with E-state index in [1.807, 2.05) is 18.3 Å². The smallest absolute Gasteiger partial charge is 0.145 e. The van der Waals surface area contributed by atoms with Crippen molar-refractivity contribution in [2.45, 2.75) is 0 Å². The first-order valence-corrected chi connectivity index (χ1v) is 15.9. The maximum Gasteiger partial charge on any atom is 0.145 e. The molecule has 2 aromatic heterocycles. The number of fused-ring (bicyclic) bond motifs is 3. The number of hydrogen-bond donors (Lipinski definition) is 0. The fourth-order valence-corrected chi connectivity index (χ4v) is 6.96. The Morgan fingerprint density at radius 2 is 0.936 bits per heavy atom. The maximum atomic E-state index is 4.99. The standard InChI is InChI=1S/C44H29N3/c1-4-12-31(13-5-1)42-36-18-10-11-19-37(36)43(32-14-6-2-7-15-32)39-28-34(22-25-38(39)42)30-20-23-35(24-21-30)47-41-29-45-27-26-40(41)46-44(47)33-16-8-3-9-17-33/h1-29H. The fraction of sp³-hybridized carbons (Fsp3) is 0. The van der Waals surface area contributed by atoms with Gasteiger partial charge in [0, 0.05) is 17.4 Å². The van der Waals surface area contributed by atoms with Crippen LogP contribution in [-0.2, 0) is 0 Å². The number of hydrogen-bond acceptors (Lipinski definition) is 2. The van der Waals surface area contributed by atoms with Gasteiger partial charge in [-0.05, 0) is 79.2 Å². The number of imidazole rings is 1. The van der Waals surface area contributed by atoms with Crippen LogP contribution in [0.4, 0.5) is 0 Å². The Kier molecular flexibility index (Phi) is 6.46. The highest BCUT2D eigenvalue weighted by Gasteiger charge is 2.18.